The van der Waals surface area contributed by atoms with Gasteiger partial charge in [0.2, 0.25) is 0 Å². The quantitative estimate of drug-likeness (QED) is 0.445. The summed E-state index contributed by atoms with van der Waals surface area (Å²) < 4.78 is 16.1. The molecule has 0 saturated carbocycles. The minimum absolute atomic E-state index is 0.221. The van der Waals surface area contributed by atoms with Crippen molar-refractivity contribution in [2.45, 2.75) is 13.0 Å². The number of hydrogen-bond acceptors (Lipinski definition) is 4. The van der Waals surface area contributed by atoms with E-state index in [9.17, 15) is 9.18 Å². The number of nitrogens with zero attached hydrogens (tertiary/aromatic N) is 4. The lowest BCUT2D eigenvalue weighted by molar-refractivity contribution is 0.0986. The molecular formula is C20H16ClFN4OS. The van der Waals surface area contributed by atoms with Crippen LogP contribution in [0.15, 0.2) is 61.2 Å². The summed E-state index contributed by atoms with van der Waals surface area (Å²) in [6.07, 6.45) is 6.05. The van der Waals surface area contributed by atoms with Crippen molar-refractivity contribution in [1.29, 1.82) is 0 Å². The summed E-state index contributed by atoms with van der Waals surface area (Å²) in [5, 5.41) is 1.12. The Morgan fingerprint density at radius 3 is 2.75 bits per heavy atom. The largest absolute Gasteiger partial charge is 0.337 e. The van der Waals surface area contributed by atoms with Gasteiger partial charge < -0.3 is 4.57 Å². The van der Waals surface area contributed by atoms with Gasteiger partial charge in [0.25, 0.3) is 5.91 Å². The maximum absolute atomic E-state index is 13.3. The SMILES string of the molecule is O=C(c1ccc(F)cc1)N(CCCn1ccnc1)c1nc2c(Cl)cccc2s1. The molecule has 4 rings (SSSR count). The van der Waals surface area contributed by atoms with Gasteiger partial charge in [-0.2, -0.15) is 0 Å². The van der Waals surface area contributed by atoms with Crippen LogP contribution in [-0.2, 0) is 6.54 Å². The second-order valence-corrected chi connectivity index (χ2v) is 7.62. The van der Waals surface area contributed by atoms with Crippen molar-refractivity contribution in [1.82, 2.24) is 14.5 Å². The molecule has 0 bridgehead atoms. The number of aryl methyl sites for hydroxylation is 1. The third-order valence-electron chi connectivity index (χ3n) is 4.28. The fourth-order valence-electron chi connectivity index (χ4n) is 2.88. The number of fused-ring (bicyclic) bond motifs is 1. The van der Waals surface area contributed by atoms with Gasteiger partial charge >= 0.3 is 0 Å². The molecular weight excluding hydrogens is 399 g/mol. The average molecular weight is 415 g/mol. The molecule has 0 fully saturated rings. The Labute approximate surface area is 170 Å². The number of hydrogen-bond donors (Lipinski definition) is 0. The van der Waals surface area contributed by atoms with Gasteiger partial charge in [-0.25, -0.2) is 14.4 Å². The summed E-state index contributed by atoms with van der Waals surface area (Å²) in [5.74, 6) is -0.601. The number of carbonyl (C=O) groups is 1. The van der Waals surface area contributed by atoms with Crippen molar-refractivity contribution < 1.29 is 9.18 Å². The molecule has 0 N–H and O–H groups in total. The lowest BCUT2D eigenvalue weighted by Gasteiger charge is -2.20. The van der Waals surface area contributed by atoms with E-state index in [-0.39, 0.29) is 11.7 Å². The van der Waals surface area contributed by atoms with Crippen LogP contribution in [0.2, 0.25) is 5.02 Å². The summed E-state index contributed by atoms with van der Waals surface area (Å²) >= 11 is 7.66. The van der Waals surface area contributed by atoms with E-state index < -0.39 is 0 Å². The molecule has 1 amide bonds. The molecule has 2 aromatic carbocycles. The summed E-state index contributed by atoms with van der Waals surface area (Å²) in [7, 11) is 0. The highest BCUT2D eigenvalue weighted by Gasteiger charge is 2.21. The molecule has 8 heteroatoms. The van der Waals surface area contributed by atoms with E-state index in [1.165, 1.54) is 35.6 Å². The smallest absolute Gasteiger partial charge is 0.260 e. The summed E-state index contributed by atoms with van der Waals surface area (Å²) in [6.45, 7) is 1.19. The maximum atomic E-state index is 13.3. The lowest BCUT2D eigenvalue weighted by atomic mass is 10.2. The molecule has 0 unspecified atom stereocenters. The minimum Gasteiger partial charge on any atom is -0.337 e. The second-order valence-electron chi connectivity index (χ2n) is 6.20. The fraction of sp³-hybridized carbons (Fsp3) is 0.150. The van der Waals surface area contributed by atoms with Gasteiger partial charge in [-0.05, 0) is 42.8 Å². The van der Waals surface area contributed by atoms with Crippen molar-refractivity contribution >= 4 is 44.2 Å². The standard InChI is InChI=1S/C20H16ClFN4OS/c21-16-3-1-4-17-18(16)24-20(28-17)26(11-2-10-25-12-9-23-13-25)19(27)14-5-7-15(22)8-6-14/h1,3-9,12-13H,2,10-11H2. The first-order chi connectivity index (χ1) is 13.6. The number of rotatable bonds is 6. The minimum atomic E-state index is -0.380. The Balaban J connectivity index is 1.64. The van der Waals surface area contributed by atoms with Crippen molar-refractivity contribution in [3.63, 3.8) is 0 Å². The molecule has 0 saturated heterocycles. The van der Waals surface area contributed by atoms with Crippen molar-refractivity contribution in [3.8, 4) is 0 Å². The Morgan fingerprint density at radius 2 is 2.04 bits per heavy atom. The Morgan fingerprint density at radius 1 is 1.21 bits per heavy atom. The molecule has 0 aliphatic rings. The maximum Gasteiger partial charge on any atom is 0.260 e. The average Bonchev–Trinajstić information content (AvgIpc) is 3.36. The molecule has 0 atom stereocenters. The van der Waals surface area contributed by atoms with E-state index in [1.807, 2.05) is 22.9 Å². The lowest BCUT2D eigenvalue weighted by Crippen LogP contribution is -2.32. The van der Waals surface area contributed by atoms with E-state index >= 15 is 0 Å². The van der Waals surface area contributed by atoms with Crippen LogP contribution in [0.3, 0.4) is 0 Å². The number of amides is 1. The summed E-state index contributed by atoms with van der Waals surface area (Å²) in [5.41, 5.74) is 1.09. The first kappa shape index (κ1) is 18.6. The third kappa shape index (κ3) is 3.90. The Bertz CT molecular complexity index is 1100. The predicted octanol–water partition coefficient (Wildman–Crippen LogP) is 5.02. The normalized spacial score (nSPS) is 11.1. The van der Waals surface area contributed by atoms with Gasteiger partial charge in [0, 0.05) is 31.0 Å². The highest BCUT2D eigenvalue weighted by Crippen LogP contribution is 2.33. The van der Waals surface area contributed by atoms with Gasteiger partial charge in [0.05, 0.1) is 16.0 Å². The Hall–Kier alpha value is -2.77. The highest BCUT2D eigenvalue weighted by molar-refractivity contribution is 7.22. The van der Waals surface area contributed by atoms with E-state index in [0.29, 0.717) is 34.2 Å². The first-order valence-electron chi connectivity index (χ1n) is 8.70. The third-order valence-corrected chi connectivity index (χ3v) is 5.63. The van der Waals surface area contributed by atoms with Gasteiger partial charge in [-0.1, -0.05) is 29.0 Å². The summed E-state index contributed by atoms with van der Waals surface area (Å²) in [4.78, 5) is 23.4. The monoisotopic (exact) mass is 414 g/mol. The highest BCUT2D eigenvalue weighted by atomic mass is 35.5. The fourth-order valence-corrected chi connectivity index (χ4v) is 4.17. The number of benzene rings is 2. The number of imidazole rings is 1. The zero-order valence-corrected chi connectivity index (χ0v) is 16.3. The number of anilines is 1. The van der Waals surface area contributed by atoms with E-state index in [4.69, 9.17) is 11.6 Å². The van der Waals surface area contributed by atoms with Crippen LogP contribution >= 0.6 is 22.9 Å². The van der Waals surface area contributed by atoms with Gasteiger partial charge in [-0.3, -0.25) is 9.69 Å². The molecule has 0 radical (unpaired) electrons. The van der Waals surface area contributed by atoms with Crippen molar-refractivity contribution in [3.05, 3.63) is 77.6 Å². The van der Waals surface area contributed by atoms with Gasteiger partial charge in [0.15, 0.2) is 5.13 Å². The molecule has 28 heavy (non-hydrogen) atoms. The van der Waals surface area contributed by atoms with E-state index in [1.54, 1.807) is 23.5 Å². The van der Waals surface area contributed by atoms with E-state index in [2.05, 4.69) is 9.97 Å². The number of halogens is 2. The van der Waals surface area contributed by atoms with Crippen molar-refractivity contribution in [2.24, 2.45) is 0 Å². The number of aromatic nitrogens is 3. The molecule has 5 nitrogen and oxygen atoms in total. The summed E-state index contributed by atoms with van der Waals surface area (Å²) in [6, 6.07) is 11.1. The Kier molecular flexibility index (Phi) is 5.36. The topological polar surface area (TPSA) is 51.0 Å². The molecule has 2 aromatic heterocycles. The number of carbonyl (C=O) groups excluding carboxylic acids is 1. The van der Waals surface area contributed by atoms with Crippen LogP contribution in [0.1, 0.15) is 16.8 Å². The zero-order valence-electron chi connectivity index (χ0n) is 14.8. The second kappa shape index (κ2) is 8.08. The van der Waals surface area contributed by atoms with Crippen molar-refractivity contribution in [2.75, 3.05) is 11.4 Å². The molecule has 2 heterocycles. The van der Waals surface area contributed by atoms with Crippen LogP contribution in [0.25, 0.3) is 10.2 Å². The van der Waals surface area contributed by atoms with Gasteiger partial charge in [0.1, 0.15) is 11.3 Å². The van der Waals surface area contributed by atoms with E-state index in [0.717, 1.165) is 11.2 Å². The van der Waals surface area contributed by atoms with Crippen LogP contribution < -0.4 is 4.90 Å². The number of thiazole rings is 1. The zero-order chi connectivity index (χ0) is 19.5. The van der Waals surface area contributed by atoms with Gasteiger partial charge in [-0.15, -0.1) is 0 Å². The molecule has 0 aliphatic carbocycles. The van der Waals surface area contributed by atoms with Crippen LogP contribution in [0, 0.1) is 5.82 Å². The molecule has 0 spiro atoms. The number of para-hydroxylation sites is 1. The first-order valence-corrected chi connectivity index (χ1v) is 9.89. The molecule has 142 valence electrons. The van der Waals surface area contributed by atoms with Crippen LogP contribution in [0.4, 0.5) is 9.52 Å². The predicted molar refractivity (Wildman–Crippen MR) is 110 cm³/mol. The molecule has 4 aromatic rings. The van der Waals surface area contributed by atoms with Crippen LogP contribution in [-0.4, -0.2) is 27.0 Å². The molecule has 0 aliphatic heterocycles. The van der Waals surface area contributed by atoms with Crippen LogP contribution in [0.5, 0.6) is 0 Å².